The van der Waals surface area contributed by atoms with E-state index in [9.17, 15) is 24.3 Å². The molecular weight excluding hydrogens is 518 g/mol. The van der Waals surface area contributed by atoms with E-state index in [4.69, 9.17) is 4.42 Å². The third kappa shape index (κ3) is 7.03. The molecule has 0 spiro atoms. The van der Waals surface area contributed by atoms with E-state index in [1.807, 2.05) is 13.8 Å². The van der Waals surface area contributed by atoms with Crippen LogP contribution in [0.25, 0.3) is 5.65 Å². The standard InChI is InChI=1S/C27H35N7O6/c1-15(2)12-19-27-32-20(14-40-27)24(37)29-9-5-4-6-18(25(38)33-22(16(3)35)26(39)31-19)30-23(36)17-7-8-21-28-10-11-34(21)13-17/h7-8,10-11,13-16,18-19,22,35H,4-6,9,12H2,1-3H3,(H,29,37)(H,30,36)(H,31,39)(H,33,38)/t16-,18+,19+,22+/m1/s1. The number of amides is 4. The molecule has 4 heterocycles. The number of pyridine rings is 1. The van der Waals surface area contributed by atoms with Crippen LogP contribution in [0, 0.1) is 5.92 Å². The quantitative estimate of drug-likeness (QED) is 0.311. The number of hydrogen-bond acceptors (Lipinski definition) is 8. The summed E-state index contributed by atoms with van der Waals surface area (Å²) in [6.45, 7) is 5.62. The highest BCUT2D eigenvalue weighted by molar-refractivity contribution is 5.98. The fraction of sp³-hybridized carbons (Fsp3) is 0.481. The van der Waals surface area contributed by atoms with Crippen LogP contribution in [-0.2, 0) is 9.59 Å². The van der Waals surface area contributed by atoms with E-state index in [0.717, 1.165) is 0 Å². The third-order valence-electron chi connectivity index (χ3n) is 6.62. The van der Waals surface area contributed by atoms with Crippen LogP contribution in [0.15, 0.2) is 41.4 Å². The summed E-state index contributed by atoms with van der Waals surface area (Å²) in [6.07, 6.45) is 6.59. The van der Waals surface area contributed by atoms with E-state index in [-0.39, 0.29) is 23.9 Å². The van der Waals surface area contributed by atoms with Crippen molar-refractivity contribution in [2.75, 3.05) is 6.54 Å². The fourth-order valence-corrected chi connectivity index (χ4v) is 4.50. The van der Waals surface area contributed by atoms with Gasteiger partial charge >= 0.3 is 0 Å². The van der Waals surface area contributed by atoms with Gasteiger partial charge in [0.25, 0.3) is 11.8 Å². The maximum Gasteiger partial charge on any atom is 0.273 e. The predicted octanol–water partition coefficient (Wildman–Crippen LogP) is 1.10. The number of carbonyl (C=O) groups is 4. The van der Waals surface area contributed by atoms with Crippen molar-refractivity contribution in [2.24, 2.45) is 5.92 Å². The normalized spacial score (nSPS) is 21.9. The molecule has 0 saturated carbocycles. The number of rotatable bonds is 5. The smallest absolute Gasteiger partial charge is 0.273 e. The van der Waals surface area contributed by atoms with Crippen LogP contribution in [0.1, 0.15) is 79.2 Å². The Morgan fingerprint density at radius 3 is 2.73 bits per heavy atom. The number of carbonyl (C=O) groups excluding carboxylic acids is 4. The molecule has 40 heavy (non-hydrogen) atoms. The van der Waals surface area contributed by atoms with Crippen LogP contribution in [-0.4, -0.2) is 67.8 Å². The van der Waals surface area contributed by atoms with Crippen molar-refractivity contribution >= 4 is 29.3 Å². The van der Waals surface area contributed by atoms with Gasteiger partial charge in [-0.15, -0.1) is 0 Å². The first-order chi connectivity index (χ1) is 19.1. The molecule has 13 heteroatoms. The number of aliphatic hydroxyl groups excluding tert-OH is 1. The third-order valence-corrected chi connectivity index (χ3v) is 6.62. The van der Waals surface area contributed by atoms with Gasteiger partial charge in [0.05, 0.1) is 11.7 Å². The van der Waals surface area contributed by atoms with Crippen molar-refractivity contribution in [1.29, 1.82) is 0 Å². The number of aliphatic hydroxyl groups is 1. The van der Waals surface area contributed by atoms with E-state index in [1.54, 1.807) is 35.1 Å². The summed E-state index contributed by atoms with van der Waals surface area (Å²) in [7, 11) is 0. The highest BCUT2D eigenvalue weighted by atomic mass is 16.3. The molecule has 0 fully saturated rings. The summed E-state index contributed by atoms with van der Waals surface area (Å²) in [5.41, 5.74) is 1.08. The second-order valence-electron chi connectivity index (χ2n) is 10.4. The molecule has 0 aliphatic carbocycles. The Bertz CT molecular complexity index is 1360. The average Bonchev–Trinajstić information content (AvgIpc) is 3.58. The van der Waals surface area contributed by atoms with E-state index < -0.39 is 47.9 Å². The predicted molar refractivity (Wildman–Crippen MR) is 143 cm³/mol. The van der Waals surface area contributed by atoms with Crippen molar-refractivity contribution in [2.45, 2.75) is 70.7 Å². The number of oxazole rings is 1. The summed E-state index contributed by atoms with van der Waals surface area (Å²) in [6, 6.07) is 0.286. The molecule has 4 atom stereocenters. The Morgan fingerprint density at radius 2 is 1.98 bits per heavy atom. The summed E-state index contributed by atoms with van der Waals surface area (Å²) in [4.78, 5) is 60.8. The molecule has 0 radical (unpaired) electrons. The van der Waals surface area contributed by atoms with Gasteiger partial charge in [0, 0.05) is 25.1 Å². The molecule has 3 aromatic rings. The largest absolute Gasteiger partial charge is 0.446 e. The summed E-state index contributed by atoms with van der Waals surface area (Å²) < 4.78 is 7.21. The molecule has 3 aromatic heterocycles. The van der Waals surface area contributed by atoms with Gasteiger partial charge in [-0.2, -0.15) is 0 Å². The average molecular weight is 554 g/mol. The number of hydrogen-bond donors (Lipinski definition) is 5. The van der Waals surface area contributed by atoms with Crippen LogP contribution in [0.5, 0.6) is 0 Å². The molecular formula is C27H35N7O6. The van der Waals surface area contributed by atoms with Crippen molar-refractivity contribution in [3.8, 4) is 0 Å². The molecule has 1 aliphatic heterocycles. The van der Waals surface area contributed by atoms with Crippen LogP contribution in [0.3, 0.4) is 0 Å². The molecule has 5 N–H and O–H groups in total. The van der Waals surface area contributed by atoms with Crippen LogP contribution < -0.4 is 21.3 Å². The zero-order valence-corrected chi connectivity index (χ0v) is 22.7. The second kappa shape index (κ2) is 12.7. The van der Waals surface area contributed by atoms with E-state index in [1.165, 1.54) is 13.2 Å². The Kier molecular flexibility index (Phi) is 9.15. The first kappa shape index (κ1) is 28.7. The van der Waals surface area contributed by atoms with Crippen LogP contribution >= 0.6 is 0 Å². The first-order valence-corrected chi connectivity index (χ1v) is 13.4. The first-order valence-electron chi connectivity index (χ1n) is 13.4. The molecule has 214 valence electrons. The lowest BCUT2D eigenvalue weighted by atomic mass is 10.0. The maximum absolute atomic E-state index is 13.4. The van der Waals surface area contributed by atoms with E-state index in [0.29, 0.717) is 37.0 Å². The lowest BCUT2D eigenvalue weighted by molar-refractivity contribution is -0.133. The molecule has 0 saturated heterocycles. The van der Waals surface area contributed by atoms with Crippen LogP contribution in [0.2, 0.25) is 0 Å². The highest BCUT2D eigenvalue weighted by Gasteiger charge is 2.33. The molecule has 4 amide bonds. The highest BCUT2D eigenvalue weighted by Crippen LogP contribution is 2.21. The molecule has 1 aliphatic rings. The van der Waals surface area contributed by atoms with Gasteiger partial charge in [-0.3, -0.25) is 19.2 Å². The van der Waals surface area contributed by atoms with Gasteiger partial charge in [0.2, 0.25) is 17.7 Å². The van der Waals surface area contributed by atoms with Gasteiger partial charge in [-0.1, -0.05) is 13.8 Å². The summed E-state index contributed by atoms with van der Waals surface area (Å²) in [5.74, 6) is -1.90. The number of fused-ring (bicyclic) bond motifs is 3. The van der Waals surface area contributed by atoms with Gasteiger partial charge < -0.3 is 35.2 Å². The fourth-order valence-electron chi connectivity index (χ4n) is 4.50. The lowest BCUT2D eigenvalue weighted by Crippen LogP contribution is -2.57. The van der Waals surface area contributed by atoms with E-state index >= 15 is 0 Å². The SMILES string of the molecule is CC(C)C[C@@H]1NC(=O)[C@H]([C@@H](C)O)NC(=O)[C@@H](NC(=O)c2ccc3nccn3c2)CCCCNC(=O)c2coc1n2. The van der Waals surface area contributed by atoms with E-state index in [2.05, 4.69) is 31.2 Å². The zero-order valence-electron chi connectivity index (χ0n) is 22.7. The van der Waals surface area contributed by atoms with Gasteiger partial charge in [-0.25, -0.2) is 9.97 Å². The Hall–Kier alpha value is -4.26. The summed E-state index contributed by atoms with van der Waals surface area (Å²) in [5, 5.41) is 21.3. The number of imidazole rings is 1. The summed E-state index contributed by atoms with van der Waals surface area (Å²) >= 11 is 0. The molecule has 13 nitrogen and oxygen atoms in total. The van der Waals surface area contributed by atoms with Crippen LogP contribution in [0.4, 0.5) is 0 Å². The maximum atomic E-state index is 13.4. The molecule has 0 unspecified atom stereocenters. The van der Waals surface area contributed by atoms with Crippen molar-refractivity contribution in [3.05, 3.63) is 54.1 Å². The number of nitrogens with zero attached hydrogens (tertiary/aromatic N) is 3. The molecule has 2 bridgehead atoms. The minimum absolute atomic E-state index is 0.0884. The minimum Gasteiger partial charge on any atom is -0.446 e. The Labute approximate surface area is 231 Å². The van der Waals surface area contributed by atoms with Gasteiger partial charge in [-0.05, 0) is 50.7 Å². The van der Waals surface area contributed by atoms with Gasteiger partial charge in [0.1, 0.15) is 30.0 Å². The zero-order chi connectivity index (χ0) is 28.8. The molecule has 4 rings (SSSR count). The second-order valence-corrected chi connectivity index (χ2v) is 10.4. The number of aromatic nitrogens is 3. The van der Waals surface area contributed by atoms with Crippen molar-refractivity contribution in [1.82, 2.24) is 35.6 Å². The van der Waals surface area contributed by atoms with Gasteiger partial charge in [0.15, 0.2) is 5.69 Å². The minimum atomic E-state index is -1.31. The number of nitrogens with one attached hydrogen (secondary N) is 4. The Morgan fingerprint density at radius 1 is 1.18 bits per heavy atom. The van der Waals surface area contributed by atoms with Crippen molar-refractivity contribution in [3.63, 3.8) is 0 Å². The Balaban J connectivity index is 1.57. The topological polar surface area (TPSA) is 180 Å². The monoisotopic (exact) mass is 553 g/mol. The molecule has 0 aromatic carbocycles. The lowest BCUT2D eigenvalue weighted by Gasteiger charge is -2.27. The van der Waals surface area contributed by atoms with Crippen molar-refractivity contribution < 1.29 is 28.7 Å².